The van der Waals surface area contributed by atoms with Gasteiger partial charge in [-0.25, -0.2) is 0 Å². The first-order valence-electron chi connectivity index (χ1n) is 11.4. The SMILES string of the molecule is O=C(O)C1CCC(N2CCc3cccc(OC/C=C/c4ccc(C(F)(F)F)cc4)c3CC2)C1. The van der Waals surface area contributed by atoms with Crippen molar-refractivity contribution in [2.75, 3.05) is 19.7 Å². The fourth-order valence-corrected chi connectivity index (χ4v) is 4.88. The van der Waals surface area contributed by atoms with E-state index in [1.807, 2.05) is 12.1 Å². The number of halogens is 3. The molecule has 0 saturated heterocycles. The molecule has 4 nitrogen and oxygen atoms in total. The number of rotatable bonds is 6. The predicted octanol–water partition coefficient (Wildman–Crippen LogP) is 5.45. The number of benzene rings is 2. The molecule has 1 N–H and O–H groups in total. The van der Waals surface area contributed by atoms with E-state index in [0.717, 1.165) is 63.1 Å². The van der Waals surface area contributed by atoms with Crippen LogP contribution in [0.1, 0.15) is 41.5 Å². The normalized spacial score (nSPS) is 21.7. The molecule has 1 saturated carbocycles. The van der Waals surface area contributed by atoms with Crippen LogP contribution < -0.4 is 4.74 Å². The Kier molecular flexibility index (Phi) is 7.08. The summed E-state index contributed by atoms with van der Waals surface area (Å²) in [6.07, 6.45) is 3.39. The van der Waals surface area contributed by atoms with Crippen molar-refractivity contribution in [2.45, 2.75) is 44.3 Å². The van der Waals surface area contributed by atoms with Crippen molar-refractivity contribution in [3.05, 3.63) is 70.8 Å². The number of aliphatic carboxylic acids is 1. The summed E-state index contributed by atoms with van der Waals surface area (Å²) in [6.45, 7) is 2.12. The van der Waals surface area contributed by atoms with Crippen LogP contribution in [-0.4, -0.2) is 41.7 Å². The number of ether oxygens (including phenoxy) is 1. The Morgan fingerprint density at radius 3 is 2.55 bits per heavy atom. The van der Waals surface area contributed by atoms with Crippen molar-refractivity contribution in [1.29, 1.82) is 0 Å². The number of carbonyl (C=O) groups is 1. The zero-order valence-electron chi connectivity index (χ0n) is 18.4. The first-order chi connectivity index (χ1) is 15.8. The number of fused-ring (bicyclic) bond motifs is 1. The number of hydrogen-bond acceptors (Lipinski definition) is 3. The highest BCUT2D eigenvalue weighted by Crippen LogP contribution is 2.33. The predicted molar refractivity (Wildman–Crippen MR) is 120 cm³/mol. The minimum Gasteiger partial charge on any atom is -0.489 e. The summed E-state index contributed by atoms with van der Waals surface area (Å²) in [4.78, 5) is 13.7. The number of alkyl halides is 3. The maximum atomic E-state index is 12.7. The van der Waals surface area contributed by atoms with Gasteiger partial charge >= 0.3 is 12.1 Å². The minimum atomic E-state index is -4.33. The number of carboxylic acid groups (broad SMARTS) is 1. The topological polar surface area (TPSA) is 49.8 Å². The summed E-state index contributed by atoms with van der Waals surface area (Å²) in [5.41, 5.74) is 2.48. The molecular weight excluding hydrogens is 431 g/mol. The first kappa shape index (κ1) is 23.4. The summed E-state index contributed by atoms with van der Waals surface area (Å²) >= 11 is 0. The third kappa shape index (κ3) is 5.77. The van der Waals surface area contributed by atoms with E-state index in [9.17, 15) is 23.1 Å². The molecule has 7 heteroatoms. The monoisotopic (exact) mass is 459 g/mol. The Labute approximate surface area is 191 Å². The van der Waals surface area contributed by atoms with E-state index in [2.05, 4.69) is 11.0 Å². The third-order valence-corrected chi connectivity index (χ3v) is 6.70. The van der Waals surface area contributed by atoms with E-state index in [4.69, 9.17) is 4.74 Å². The first-order valence-corrected chi connectivity index (χ1v) is 11.4. The maximum Gasteiger partial charge on any atom is 0.416 e. The lowest BCUT2D eigenvalue weighted by molar-refractivity contribution is -0.141. The zero-order chi connectivity index (χ0) is 23.4. The average Bonchev–Trinajstić information content (AvgIpc) is 3.18. The van der Waals surface area contributed by atoms with Crippen LogP contribution in [-0.2, 0) is 23.8 Å². The molecule has 1 aliphatic heterocycles. The fraction of sp³-hybridized carbons (Fsp3) is 0.423. The molecule has 2 aliphatic rings. The van der Waals surface area contributed by atoms with Gasteiger partial charge in [-0.1, -0.05) is 30.3 Å². The van der Waals surface area contributed by atoms with Crippen LogP contribution in [0.15, 0.2) is 48.5 Å². The smallest absolute Gasteiger partial charge is 0.416 e. The van der Waals surface area contributed by atoms with Crippen LogP contribution in [0.2, 0.25) is 0 Å². The summed E-state index contributed by atoms with van der Waals surface area (Å²) < 4.78 is 44.0. The van der Waals surface area contributed by atoms with E-state index < -0.39 is 17.7 Å². The standard InChI is InChI=1S/C26H28F3NO3/c27-26(28,29)21-9-6-18(7-10-21)3-2-16-33-24-5-1-4-19-12-14-30(15-13-23(19)24)22-11-8-20(17-22)25(31)32/h1-7,9-10,20,22H,8,11-17H2,(H,31,32)/b3-2+. The summed E-state index contributed by atoms with van der Waals surface area (Å²) in [6, 6.07) is 11.4. The molecule has 2 atom stereocenters. The van der Waals surface area contributed by atoms with Crippen LogP contribution in [0.25, 0.3) is 6.08 Å². The third-order valence-electron chi connectivity index (χ3n) is 6.70. The highest BCUT2D eigenvalue weighted by molar-refractivity contribution is 5.70. The second-order valence-corrected chi connectivity index (χ2v) is 8.76. The molecule has 2 aromatic rings. The van der Waals surface area contributed by atoms with Crippen molar-refractivity contribution in [3.63, 3.8) is 0 Å². The number of nitrogens with zero attached hydrogens (tertiary/aromatic N) is 1. The van der Waals surface area contributed by atoms with E-state index >= 15 is 0 Å². The summed E-state index contributed by atoms with van der Waals surface area (Å²) in [5, 5.41) is 9.30. The minimum absolute atomic E-state index is 0.226. The van der Waals surface area contributed by atoms with Crippen LogP contribution >= 0.6 is 0 Å². The van der Waals surface area contributed by atoms with Gasteiger partial charge in [0.05, 0.1) is 11.5 Å². The van der Waals surface area contributed by atoms with Crippen LogP contribution in [0, 0.1) is 5.92 Å². The molecule has 0 bridgehead atoms. The van der Waals surface area contributed by atoms with E-state index in [0.29, 0.717) is 18.2 Å². The highest BCUT2D eigenvalue weighted by Gasteiger charge is 2.34. The van der Waals surface area contributed by atoms with Crippen molar-refractivity contribution in [3.8, 4) is 5.75 Å². The molecule has 176 valence electrons. The summed E-state index contributed by atoms with van der Waals surface area (Å²) in [7, 11) is 0. The lowest BCUT2D eigenvalue weighted by Crippen LogP contribution is -2.36. The van der Waals surface area contributed by atoms with E-state index in [1.54, 1.807) is 12.2 Å². The van der Waals surface area contributed by atoms with Crippen LogP contribution in [0.4, 0.5) is 13.2 Å². The van der Waals surface area contributed by atoms with Gasteiger partial charge in [0.15, 0.2) is 0 Å². The van der Waals surface area contributed by atoms with Gasteiger partial charge in [0, 0.05) is 19.1 Å². The molecule has 0 spiro atoms. The van der Waals surface area contributed by atoms with Gasteiger partial charge in [-0.2, -0.15) is 13.2 Å². The Morgan fingerprint density at radius 1 is 1.09 bits per heavy atom. The molecule has 2 unspecified atom stereocenters. The zero-order valence-corrected chi connectivity index (χ0v) is 18.4. The highest BCUT2D eigenvalue weighted by atomic mass is 19.4. The Hall–Kier alpha value is -2.80. The molecular formula is C26H28F3NO3. The average molecular weight is 460 g/mol. The van der Waals surface area contributed by atoms with Crippen molar-refractivity contribution in [1.82, 2.24) is 4.90 Å². The Balaban J connectivity index is 1.34. The van der Waals surface area contributed by atoms with Crippen LogP contribution in [0.5, 0.6) is 5.75 Å². The molecule has 33 heavy (non-hydrogen) atoms. The molecule has 1 heterocycles. The van der Waals surface area contributed by atoms with Gasteiger partial charge < -0.3 is 9.84 Å². The van der Waals surface area contributed by atoms with E-state index in [1.165, 1.54) is 23.3 Å². The van der Waals surface area contributed by atoms with Crippen LogP contribution in [0.3, 0.4) is 0 Å². The van der Waals surface area contributed by atoms with Gasteiger partial charge in [-0.05, 0) is 73.1 Å². The van der Waals surface area contributed by atoms with Crippen molar-refractivity contribution < 1.29 is 27.8 Å². The van der Waals surface area contributed by atoms with E-state index in [-0.39, 0.29) is 5.92 Å². The van der Waals surface area contributed by atoms with Gasteiger partial charge in [0.2, 0.25) is 0 Å². The lowest BCUT2D eigenvalue weighted by atomic mass is 10.0. The maximum absolute atomic E-state index is 12.7. The second-order valence-electron chi connectivity index (χ2n) is 8.76. The van der Waals surface area contributed by atoms with Gasteiger partial charge in [0.1, 0.15) is 12.4 Å². The molecule has 4 rings (SSSR count). The largest absolute Gasteiger partial charge is 0.489 e. The van der Waals surface area contributed by atoms with Gasteiger partial charge in [-0.3, -0.25) is 9.69 Å². The number of carboxylic acids is 1. The Morgan fingerprint density at radius 2 is 1.85 bits per heavy atom. The molecule has 0 radical (unpaired) electrons. The summed E-state index contributed by atoms with van der Waals surface area (Å²) in [5.74, 6) is -0.0760. The lowest BCUT2D eigenvalue weighted by Gasteiger charge is -2.27. The Bertz CT molecular complexity index is 1000. The van der Waals surface area contributed by atoms with Crippen molar-refractivity contribution in [2.24, 2.45) is 5.92 Å². The molecule has 0 amide bonds. The fourth-order valence-electron chi connectivity index (χ4n) is 4.88. The van der Waals surface area contributed by atoms with Gasteiger partial charge in [0.25, 0.3) is 0 Å². The molecule has 1 aliphatic carbocycles. The molecule has 2 aromatic carbocycles. The van der Waals surface area contributed by atoms with Gasteiger partial charge in [-0.15, -0.1) is 0 Å². The second kappa shape index (κ2) is 10.00. The molecule has 0 aromatic heterocycles. The number of hydrogen-bond donors (Lipinski definition) is 1. The van der Waals surface area contributed by atoms with Crippen molar-refractivity contribution >= 4 is 12.0 Å². The molecule has 1 fully saturated rings. The quantitative estimate of drug-likeness (QED) is 0.624.